The summed E-state index contributed by atoms with van der Waals surface area (Å²) in [7, 11) is 2.24. The minimum absolute atomic E-state index is 0.433. The van der Waals surface area contributed by atoms with Gasteiger partial charge in [-0.3, -0.25) is 0 Å². The van der Waals surface area contributed by atoms with Crippen molar-refractivity contribution in [1.29, 1.82) is 0 Å². The van der Waals surface area contributed by atoms with Gasteiger partial charge in [0.2, 0.25) is 0 Å². The van der Waals surface area contributed by atoms with Gasteiger partial charge in [-0.2, -0.15) is 0 Å². The highest BCUT2D eigenvalue weighted by Gasteiger charge is 2.33. The summed E-state index contributed by atoms with van der Waals surface area (Å²) in [6, 6.07) is 0. The fraction of sp³-hybridized carbons (Fsp3) is 1.00. The number of nitrogens with one attached hydrogen (secondary N) is 1. The van der Waals surface area contributed by atoms with E-state index in [0.29, 0.717) is 5.54 Å². The van der Waals surface area contributed by atoms with E-state index in [2.05, 4.69) is 29.1 Å². The van der Waals surface area contributed by atoms with E-state index < -0.39 is 0 Å². The summed E-state index contributed by atoms with van der Waals surface area (Å²) in [6.07, 6.45) is 5.34. The highest BCUT2D eigenvalue weighted by atomic mass is 15.2. The second kappa shape index (κ2) is 5.48. The monoisotopic (exact) mass is 225 g/mol. The minimum atomic E-state index is 0.433. The van der Waals surface area contributed by atoms with Crippen LogP contribution in [-0.2, 0) is 0 Å². The van der Waals surface area contributed by atoms with E-state index in [0.717, 1.165) is 0 Å². The Hall–Kier alpha value is -0.120. The van der Waals surface area contributed by atoms with Crippen LogP contribution in [0.1, 0.15) is 32.6 Å². The molecule has 3 nitrogen and oxygen atoms in total. The highest BCUT2D eigenvalue weighted by molar-refractivity contribution is 4.94. The number of nitrogens with zero attached hydrogens (tertiary/aromatic N) is 2. The maximum atomic E-state index is 3.74. The molecule has 2 saturated heterocycles. The van der Waals surface area contributed by atoms with Gasteiger partial charge >= 0.3 is 0 Å². The van der Waals surface area contributed by atoms with E-state index >= 15 is 0 Å². The van der Waals surface area contributed by atoms with Crippen molar-refractivity contribution in [2.24, 2.45) is 0 Å². The number of hydrogen-bond acceptors (Lipinski definition) is 3. The third-order valence-corrected chi connectivity index (χ3v) is 4.35. The molecule has 0 aliphatic carbocycles. The molecule has 0 radical (unpaired) electrons. The number of hydrogen-bond donors (Lipinski definition) is 1. The molecule has 0 spiro atoms. The summed E-state index contributed by atoms with van der Waals surface area (Å²) in [5, 5.41) is 3.74. The van der Waals surface area contributed by atoms with Crippen LogP contribution in [0.25, 0.3) is 0 Å². The third kappa shape index (κ3) is 2.96. The van der Waals surface area contributed by atoms with E-state index in [9.17, 15) is 0 Å². The van der Waals surface area contributed by atoms with Gasteiger partial charge in [-0.05, 0) is 52.4 Å². The number of rotatable bonds is 3. The molecule has 0 bridgehead atoms. The molecule has 1 unspecified atom stereocenters. The molecule has 0 amide bonds. The molecule has 3 heteroatoms. The maximum absolute atomic E-state index is 3.74. The summed E-state index contributed by atoms with van der Waals surface area (Å²) in [5.41, 5.74) is 0.433. The van der Waals surface area contributed by atoms with Crippen molar-refractivity contribution in [1.82, 2.24) is 15.1 Å². The van der Waals surface area contributed by atoms with E-state index in [4.69, 9.17) is 0 Å². The lowest BCUT2D eigenvalue weighted by atomic mass is 9.93. The largest absolute Gasteiger partial charge is 0.310 e. The summed E-state index contributed by atoms with van der Waals surface area (Å²) in [5.74, 6) is 0. The minimum Gasteiger partial charge on any atom is -0.310 e. The van der Waals surface area contributed by atoms with E-state index in [1.807, 2.05) is 0 Å². The topological polar surface area (TPSA) is 18.5 Å². The zero-order valence-corrected chi connectivity index (χ0v) is 11.0. The Morgan fingerprint density at radius 3 is 2.69 bits per heavy atom. The Bertz CT molecular complexity index is 211. The lowest BCUT2D eigenvalue weighted by molar-refractivity contribution is 0.192. The zero-order valence-electron chi connectivity index (χ0n) is 11.0. The van der Waals surface area contributed by atoms with Gasteiger partial charge in [-0.1, -0.05) is 6.92 Å². The normalized spacial score (nSPS) is 34.1. The summed E-state index contributed by atoms with van der Waals surface area (Å²) < 4.78 is 0. The standard InChI is InChI=1S/C13H27N3/c1-3-13(6-4-7-14-13)12-16-9-5-8-15(2)10-11-16/h14H,3-12H2,1-2H3. The first-order chi connectivity index (χ1) is 7.74. The van der Waals surface area contributed by atoms with Gasteiger partial charge in [0.25, 0.3) is 0 Å². The molecule has 2 aliphatic heterocycles. The molecule has 2 aliphatic rings. The van der Waals surface area contributed by atoms with Gasteiger partial charge < -0.3 is 15.1 Å². The van der Waals surface area contributed by atoms with Crippen LogP contribution in [0.4, 0.5) is 0 Å². The van der Waals surface area contributed by atoms with Crippen LogP contribution in [0.5, 0.6) is 0 Å². The molecule has 1 N–H and O–H groups in total. The molecule has 16 heavy (non-hydrogen) atoms. The SMILES string of the molecule is CCC1(CN2CCCN(C)CC2)CCCN1. The van der Waals surface area contributed by atoms with Crippen molar-refractivity contribution in [3.05, 3.63) is 0 Å². The van der Waals surface area contributed by atoms with Crippen LogP contribution in [0, 0.1) is 0 Å². The summed E-state index contributed by atoms with van der Waals surface area (Å²) >= 11 is 0. The van der Waals surface area contributed by atoms with Crippen molar-refractivity contribution in [3.63, 3.8) is 0 Å². The van der Waals surface area contributed by atoms with Gasteiger partial charge in [0, 0.05) is 25.2 Å². The lowest BCUT2D eigenvalue weighted by Gasteiger charge is -2.34. The highest BCUT2D eigenvalue weighted by Crippen LogP contribution is 2.24. The van der Waals surface area contributed by atoms with Gasteiger partial charge in [-0.15, -0.1) is 0 Å². The van der Waals surface area contributed by atoms with E-state index in [1.165, 1.54) is 65.0 Å². The van der Waals surface area contributed by atoms with Gasteiger partial charge in [0.05, 0.1) is 0 Å². The Morgan fingerprint density at radius 1 is 1.12 bits per heavy atom. The Labute approximate surface area is 100 Å². The third-order valence-electron chi connectivity index (χ3n) is 4.35. The van der Waals surface area contributed by atoms with Crippen molar-refractivity contribution < 1.29 is 0 Å². The second-order valence-corrected chi connectivity index (χ2v) is 5.60. The molecular formula is C13H27N3. The fourth-order valence-electron chi connectivity index (χ4n) is 3.10. The first-order valence-corrected chi connectivity index (χ1v) is 6.90. The molecule has 0 aromatic carbocycles. The predicted octanol–water partition coefficient (Wildman–Crippen LogP) is 1.16. The molecular weight excluding hydrogens is 198 g/mol. The van der Waals surface area contributed by atoms with Crippen molar-refractivity contribution in [2.75, 3.05) is 46.3 Å². The zero-order chi connectivity index (χ0) is 11.4. The molecule has 0 aromatic rings. The molecule has 0 aromatic heterocycles. The van der Waals surface area contributed by atoms with Crippen LogP contribution < -0.4 is 5.32 Å². The Kier molecular flexibility index (Phi) is 4.22. The average molecular weight is 225 g/mol. The van der Waals surface area contributed by atoms with Gasteiger partial charge in [0.1, 0.15) is 0 Å². The number of likely N-dealkylation sites (N-methyl/N-ethyl adjacent to an activating group) is 1. The van der Waals surface area contributed by atoms with Crippen molar-refractivity contribution >= 4 is 0 Å². The quantitative estimate of drug-likeness (QED) is 0.777. The van der Waals surface area contributed by atoms with Crippen molar-refractivity contribution in [2.45, 2.75) is 38.1 Å². The summed E-state index contributed by atoms with van der Waals surface area (Å²) in [4.78, 5) is 5.13. The smallest absolute Gasteiger partial charge is 0.0306 e. The molecule has 2 heterocycles. The van der Waals surface area contributed by atoms with Crippen LogP contribution in [0.15, 0.2) is 0 Å². The van der Waals surface area contributed by atoms with Crippen LogP contribution in [0.2, 0.25) is 0 Å². The maximum Gasteiger partial charge on any atom is 0.0306 e. The Balaban J connectivity index is 1.87. The fourth-order valence-corrected chi connectivity index (χ4v) is 3.10. The molecule has 94 valence electrons. The van der Waals surface area contributed by atoms with E-state index in [1.54, 1.807) is 0 Å². The van der Waals surface area contributed by atoms with Gasteiger partial charge in [0.15, 0.2) is 0 Å². The van der Waals surface area contributed by atoms with Crippen molar-refractivity contribution in [3.8, 4) is 0 Å². The van der Waals surface area contributed by atoms with Crippen LogP contribution >= 0.6 is 0 Å². The first-order valence-electron chi connectivity index (χ1n) is 6.90. The lowest BCUT2D eigenvalue weighted by Crippen LogP contribution is -2.50. The molecule has 0 saturated carbocycles. The Morgan fingerprint density at radius 2 is 2.00 bits per heavy atom. The summed E-state index contributed by atoms with van der Waals surface area (Å²) in [6.45, 7) is 9.86. The first kappa shape index (κ1) is 12.3. The molecule has 1 atom stereocenters. The average Bonchev–Trinajstić information content (AvgIpc) is 2.66. The van der Waals surface area contributed by atoms with Gasteiger partial charge in [-0.25, -0.2) is 0 Å². The second-order valence-electron chi connectivity index (χ2n) is 5.60. The van der Waals surface area contributed by atoms with E-state index in [-0.39, 0.29) is 0 Å². The predicted molar refractivity (Wildman–Crippen MR) is 68.8 cm³/mol. The van der Waals surface area contributed by atoms with Crippen LogP contribution in [-0.4, -0.2) is 61.7 Å². The molecule has 2 rings (SSSR count). The molecule has 2 fully saturated rings. The van der Waals surface area contributed by atoms with Crippen LogP contribution in [0.3, 0.4) is 0 Å².